The lowest BCUT2D eigenvalue weighted by molar-refractivity contribution is 0.0949. The first-order valence-corrected chi connectivity index (χ1v) is 9.76. The first-order chi connectivity index (χ1) is 13.2. The smallest absolute Gasteiger partial charge is 0.251 e. The largest absolute Gasteiger partial charge is 0.497 e. The Morgan fingerprint density at radius 1 is 1.15 bits per heavy atom. The number of thioether (sulfide) groups is 1. The van der Waals surface area contributed by atoms with E-state index in [0.717, 1.165) is 23.0 Å². The molecule has 1 heterocycles. The molecule has 140 valence electrons. The van der Waals surface area contributed by atoms with Crippen molar-refractivity contribution in [1.29, 1.82) is 0 Å². The number of hydrogen-bond donors (Lipinski definition) is 1. The third-order valence-corrected chi connectivity index (χ3v) is 5.02. The van der Waals surface area contributed by atoms with E-state index in [-0.39, 0.29) is 12.5 Å². The number of methoxy groups -OCH3 is 1. The molecule has 0 aliphatic heterocycles. The highest BCUT2D eigenvalue weighted by Crippen LogP contribution is 2.22. The Labute approximate surface area is 163 Å². The van der Waals surface area contributed by atoms with Crippen LogP contribution in [0.4, 0.5) is 0 Å². The average molecular weight is 382 g/mol. The maximum absolute atomic E-state index is 12.5. The molecule has 0 fully saturated rings. The van der Waals surface area contributed by atoms with Gasteiger partial charge in [0.1, 0.15) is 5.75 Å². The minimum Gasteiger partial charge on any atom is -0.497 e. The summed E-state index contributed by atoms with van der Waals surface area (Å²) in [5.74, 6) is 2.12. The van der Waals surface area contributed by atoms with Crippen molar-refractivity contribution in [3.8, 4) is 11.4 Å². The molecule has 1 aromatic heterocycles. The van der Waals surface area contributed by atoms with Gasteiger partial charge in [-0.25, -0.2) is 0 Å². The van der Waals surface area contributed by atoms with E-state index in [1.165, 1.54) is 0 Å². The highest BCUT2D eigenvalue weighted by atomic mass is 32.2. The number of benzene rings is 2. The fourth-order valence-corrected chi connectivity index (χ4v) is 3.39. The lowest BCUT2D eigenvalue weighted by atomic mass is 10.2. The maximum atomic E-state index is 12.5. The first-order valence-electron chi connectivity index (χ1n) is 8.77. The molecule has 6 nitrogen and oxygen atoms in total. The lowest BCUT2D eigenvalue weighted by Crippen LogP contribution is -2.24. The van der Waals surface area contributed by atoms with Gasteiger partial charge in [0.15, 0.2) is 11.0 Å². The second-order valence-corrected chi connectivity index (χ2v) is 6.89. The number of hydrogen-bond acceptors (Lipinski definition) is 5. The van der Waals surface area contributed by atoms with Gasteiger partial charge < -0.3 is 10.1 Å². The zero-order valence-electron chi connectivity index (χ0n) is 15.4. The normalized spacial score (nSPS) is 10.6. The summed E-state index contributed by atoms with van der Waals surface area (Å²) in [5.41, 5.74) is 1.52. The fourth-order valence-electron chi connectivity index (χ4n) is 2.56. The topological polar surface area (TPSA) is 69.0 Å². The van der Waals surface area contributed by atoms with E-state index in [4.69, 9.17) is 4.74 Å². The van der Waals surface area contributed by atoms with Crippen molar-refractivity contribution >= 4 is 17.7 Å². The number of ether oxygens (including phenoxy) is 1. The molecule has 3 rings (SSSR count). The Morgan fingerprint density at radius 2 is 1.96 bits per heavy atom. The summed E-state index contributed by atoms with van der Waals surface area (Å²) in [6.07, 6.45) is 1.05. The number of aromatic nitrogens is 3. The van der Waals surface area contributed by atoms with Gasteiger partial charge in [-0.3, -0.25) is 9.36 Å². The standard InChI is InChI=1S/C20H22N4O2S/c1-3-12-27-20-23-22-18(24(20)16-9-5-4-6-10-16)14-21-19(25)15-8-7-11-17(13-15)26-2/h4-11,13H,3,12,14H2,1-2H3,(H,21,25). The molecule has 3 aromatic rings. The number of amides is 1. The summed E-state index contributed by atoms with van der Waals surface area (Å²) in [5, 5.41) is 12.4. The Morgan fingerprint density at radius 3 is 2.70 bits per heavy atom. The number of nitrogens with one attached hydrogen (secondary N) is 1. The molecule has 0 unspecified atom stereocenters. The maximum Gasteiger partial charge on any atom is 0.251 e. The molecular formula is C20H22N4O2S. The molecule has 1 amide bonds. The Balaban J connectivity index is 1.80. The van der Waals surface area contributed by atoms with Crippen LogP contribution in [0.3, 0.4) is 0 Å². The average Bonchev–Trinajstić information content (AvgIpc) is 3.13. The number of nitrogens with zero attached hydrogens (tertiary/aromatic N) is 3. The summed E-state index contributed by atoms with van der Waals surface area (Å²) >= 11 is 1.66. The number of rotatable bonds is 8. The van der Waals surface area contributed by atoms with Crippen LogP contribution in [-0.4, -0.2) is 33.5 Å². The highest BCUT2D eigenvalue weighted by Gasteiger charge is 2.15. The van der Waals surface area contributed by atoms with Crippen molar-refractivity contribution in [2.45, 2.75) is 25.0 Å². The van der Waals surface area contributed by atoms with Gasteiger partial charge in [0.25, 0.3) is 5.91 Å². The van der Waals surface area contributed by atoms with Crippen LogP contribution in [0.25, 0.3) is 5.69 Å². The number of para-hydroxylation sites is 1. The molecule has 0 atom stereocenters. The van der Waals surface area contributed by atoms with Gasteiger partial charge in [0.2, 0.25) is 0 Å². The van der Waals surface area contributed by atoms with E-state index in [0.29, 0.717) is 17.1 Å². The van der Waals surface area contributed by atoms with Gasteiger partial charge in [0.05, 0.1) is 13.7 Å². The van der Waals surface area contributed by atoms with E-state index in [1.54, 1.807) is 43.1 Å². The van der Waals surface area contributed by atoms with Crippen molar-refractivity contribution in [2.24, 2.45) is 0 Å². The second kappa shape index (κ2) is 9.23. The Kier molecular flexibility index (Phi) is 6.49. The zero-order valence-corrected chi connectivity index (χ0v) is 16.2. The predicted molar refractivity (Wildman–Crippen MR) is 107 cm³/mol. The molecule has 0 saturated heterocycles. The van der Waals surface area contributed by atoms with Crippen LogP contribution in [0.15, 0.2) is 59.8 Å². The van der Waals surface area contributed by atoms with Gasteiger partial charge in [-0.05, 0) is 36.8 Å². The Bertz CT molecular complexity index is 896. The van der Waals surface area contributed by atoms with Gasteiger partial charge >= 0.3 is 0 Å². The molecule has 0 saturated carbocycles. The fraction of sp³-hybridized carbons (Fsp3) is 0.250. The molecule has 0 radical (unpaired) electrons. The number of carbonyl (C=O) groups is 1. The van der Waals surface area contributed by atoms with Gasteiger partial charge in [-0.1, -0.05) is 43.0 Å². The molecule has 27 heavy (non-hydrogen) atoms. The van der Waals surface area contributed by atoms with Crippen molar-refractivity contribution in [3.63, 3.8) is 0 Å². The summed E-state index contributed by atoms with van der Waals surface area (Å²) in [6, 6.07) is 17.0. The zero-order chi connectivity index (χ0) is 19.1. The monoisotopic (exact) mass is 382 g/mol. The van der Waals surface area contributed by atoms with Crippen molar-refractivity contribution in [3.05, 3.63) is 66.0 Å². The van der Waals surface area contributed by atoms with Crippen LogP contribution in [0, 0.1) is 0 Å². The summed E-state index contributed by atoms with van der Waals surface area (Å²) < 4.78 is 7.17. The van der Waals surface area contributed by atoms with Crippen molar-refractivity contribution < 1.29 is 9.53 Å². The van der Waals surface area contributed by atoms with Crippen molar-refractivity contribution in [1.82, 2.24) is 20.1 Å². The molecule has 7 heteroatoms. The van der Waals surface area contributed by atoms with Crippen LogP contribution >= 0.6 is 11.8 Å². The van der Waals surface area contributed by atoms with Gasteiger partial charge in [-0.2, -0.15) is 0 Å². The van der Waals surface area contributed by atoms with Crippen molar-refractivity contribution in [2.75, 3.05) is 12.9 Å². The SMILES string of the molecule is CCCSc1nnc(CNC(=O)c2cccc(OC)c2)n1-c1ccccc1. The quantitative estimate of drug-likeness (QED) is 0.602. The lowest BCUT2D eigenvalue weighted by Gasteiger charge is -2.11. The molecular weight excluding hydrogens is 360 g/mol. The molecule has 0 bridgehead atoms. The molecule has 0 aliphatic carbocycles. The van der Waals surface area contributed by atoms with E-state index >= 15 is 0 Å². The first kappa shape index (κ1) is 19.0. The van der Waals surface area contributed by atoms with Gasteiger partial charge in [0, 0.05) is 17.0 Å². The predicted octanol–water partition coefficient (Wildman–Crippen LogP) is 3.71. The van der Waals surface area contributed by atoms with Crippen LogP contribution < -0.4 is 10.1 Å². The Hall–Kier alpha value is -2.80. The third-order valence-electron chi connectivity index (χ3n) is 3.89. The van der Waals surface area contributed by atoms with E-state index in [1.807, 2.05) is 34.9 Å². The minimum absolute atomic E-state index is 0.181. The van der Waals surface area contributed by atoms with Crippen LogP contribution in [0.2, 0.25) is 0 Å². The minimum atomic E-state index is -0.181. The van der Waals surface area contributed by atoms with Crippen LogP contribution in [0.5, 0.6) is 5.75 Å². The van der Waals surface area contributed by atoms with E-state index in [2.05, 4.69) is 22.4 Å². The van der Waals surface area contributed by atoms with E-state index in [9.17, 15) is 4.79 Å². The summed E-state index contributed by atoms with van der Waals surface area (Å²) in [7, 11) is 1.58. The molecule has 1 N–H and O–H groups in total. The molecule has 2 aromatic carbocycles. The second-order valence-electron chi connectivity index (χ2n) is 5.83. The number of carbonyl (C=O) groups excluding carboxylic acids is 1. The third kappa shape index (κ3) is 4.68. The molecule has 0 aliphatic rings. The highest BCUT2D eigenvalue weighted by molar-refractivity contribution is 7.99. The van der Waals surface area contributed by atoms with Gasteiger partial charge in [-0.15, -0.1) is 10.2 Å². The van der Waals surface area contributed by atoms with E-state index < -0.39 is 0 Å². The summed E-state index contributed by atoms with van der Waals surface area (Å²) in [4.78, 5) is 12.5. The van der Waals surface area contributed by atoms with Crippen LogP contribution in [0.1, 0.15) is 29.5 Å². The van der Waals surface area contributed by atoms with Crippen LogP contribution in [-0.2, 0) is 6.54 Å². The summed E-state index contributed by atoms with van der Waals surface area (Å²) in [6.45, 7) is 2.41. The molecule has 0 spiro atoms.